The maximum absolute atomic E-state index is 14.9. The van der Waals surface area contributed by atoms with Crippen LogP contribution in [0.3, 0.4) is 0 Å². The molecule has 0 saturated carbocycles. The lowest BCUT2D eigenvalue weighted by atomic mass is 9.93. The van der Waals surface area contributed by atoms with Gasteiger partial charge in [-0.25, -0.2) is 9.59 Å². The van der Waals surface area contributed by atoms with Gasteiger partial charge in [-0.2, -0.15) is 0 Å². The number of likely N-dealkylation sites (N-methyl/N-ethyl adjacent to an activating group) is 1. The molecule has 1 unspecified atom stereocenters. The zero-order valence-electron chi connectivity index (χ0n) is 43.8. The first kappa shape index (κ1) is 56.5. The molecule has 4 aromatic rings. The summed E-state index contributed by atoms with van der Waals surface area (Å²) in [4.78, 5) is 97.1. The number of hydrogen-bond acceptors (Lipinski definition) is 11. The lowest BCUT2D eigenvalue weighted by Gasteiger charge is -2.33. The van der Waals surface area contributed by atoms with Crippen LogP contribution in [-0.4, -0.2) is 111 Å². The van der Waals surface area contributed by atoms with E-state index in [0.717, 1.165) is 30.4 Å². The lowest BCUT2D eigenvalue weighted by Crippen LogP contribution is -2.55. The van der Waals surface area contributed by atoms with Crippen LogP contribution in [0.25, 0.3) is 22.3 Å². The summed E-state index contributed by atoms with van der Waals surface area (Å²) in [5.74, 6) is -2.81. The number of hydrogen-bond donors (Lipinski definition) is 5. The van der Waals surface area contributed by atoms with Gasteiger partial charge >= 0.3 is 12.1 Å². The number of fused-ring (bicyclic) bond motifs is 5. The standard InChI is InChI=1S/C56H72N6O11/c1-11-12-15-36-17-20-38(21-18-36)39-22-24-40(25-23-39)51(65)58-34(2)30-48(63)60-44(16-13-14-29-57-55(69)73-56(4,5)6)53(67)62(7)49-41-26-28-47(71-9)43(33-41)42-31-37(19-27-46(42)70-8)32-45(54(68)72-10)61-50(64)35(3)59-52(49)66/h17-28,31,33-35,44-45,49H,11-16,29-30,32H2,1-10H3,(H,57,69)(H,58,65)(H,59,66)(H,60,63)(H,61,64)/t34?,35-,44-,45-,49-/m0/s1. The van der Waals surface area contributed by atoms with Gasteiger partial charge in [0.25, 0.3) is 5.91 Å². The third-order valence-electron chi connectivity index (χ3n) is 12.4. The lowest BCUT2D eigenvalue weighted by molar-refractivity contribution is -0.145. The molecule has 6 amide bonds. The molecule has 0 aromatic heterocycles. The van der Waals surface area contributed by atoms with Crippen molar-refractivity contribution in [1.29, 1.82) is 0 Å². The van der Waals surface area contributed by atoms with Gasteiger partial charge < -0.3 is 50.4 Å². The minimum absolute atomic E-state index is 0.0518. The predicted molar refractivity (Wildman–Crippen MR) is 278 cm³/mol. The first-order valence-electron chi connectivity index (χ1n) is 24.8. The number of methoxy groups -OCH3 is 3. The SMILES string of the molecule is CCCCc1ccc(-c2ccc(C(=O)NC(C)CC(=O)N[C@@H](CCCCNC(=O)OC(C)(C)C)C(=O)N(C)[C@@H]3C(=O)N[C@@H](C)C(=O)N[C@H](C(=O)OC)Cc4ccc(OC)c(c4)-c4cc3ccc4OC)cc2)cc1. The first-order valence-corrected chi connectivity index (χ1v) is 24.8. The highest BCUT2D eigenvalue weighted by atomic mass is 16.6. The summed E-state index contributed by atoms with van der Waals surface area (Å²) in [5.41, 5.74) is 5.01. The number of carbonyl (C=O) groups excluding carboxylic acids is 7. The van der Waals surface area contributed by atoms with Crippen molar-refractivity contribution in [1.82, 2.24) is 31.5 Å². The van der Waals surface area contributed by atoms with Crippen LogP contribution in [0.15, 0.2) is 84.9 Å². The molecule has 1 aliphatic rings. The third kappa shape index (κ3) is 16.0. The van der Waals surface area contributed by atoms with Gasteiger partial charge in [-0.05, 0) is 131 Å². The number of alkyl carbamates (subject to hydrolysis) is 1. The number of carbonyl (C=O) groups is 7. The van der Waals surface area contributed by atoms with Gasteiger partial charge in [-0.15, -0.1) is 0 Å². The zero-order chi connectivity index (χ0) is 53.4. The number of rotatable bonds is 19. The smallest absolute Gasteiger partial charge is 0.407 e. The van der Waals surface area contributed by atoms with Crippen molar-refractivity contribution in [3.63, 3.8) is 0 Å². The van der Waals surface area contributed by atoms with Crippen molar-refractivity contribution >= 4 is 41.6 Å². The molecule has 17 nitrogen and oxygen atoms in total. The molecule has 1 aliphatic heterocycles. The number of unbranched alkanes of at least 4 members (excludes halogenated alkanes) is 2. The highest BCUT2D eigenvalue weighted by molar-refractivity contribution is 5.97. The number of ether oxygens (including phenoxy) is 4. The third-order valence-corrected chi connectivity index (χ3v) is 12.4. The Morgan fingerprint density at radius 1 is 0.781 bits per heavy atom. The Hall–Kier alpha value is -7.43. The van der Waals surface area contributed by atoms with E-state index in [1.807, 2.05) is 12.1 Å². The molecule has 0 radical (unpaired) electrons. The van der Waals surface area contributed by atoms with Crippen LogP contribution < -0.4 is 36.1 Å². The van der Waals surface area contributed by atoms with E-state index in [2.05, 4.69) is 57.8 Å². The molecule has 4 bridgehead atoms. The van der Waals surface area contributed by atoms with Crippen molar-refractivity contribution in [3.05, 3.63) is 107 Å². The van der Waals surface area contributed by atoms with Crippen LogP contribution in [0.1, 0.15) is 113 Å². The van der Waals surface area contributed by atoms with E-state index in [-0.39, 0.29) is 31.7 Å². The van der Waals surface area contributed by atoms with Gasteiger partial charge in [0.1, 0.15) is 41.3 Å². The molecule has 0 spiro atoms. The normalized spacial score (nSPS) is 16.5. The van der Waals surface area contributed by atoms with Gasteiger partial charge in [0, 0.05) is 49.2 Å². The van der Waals surface area contributed by atoms with Crippen LogP contribution in [0.2, 0.25) is 0 Å². The fraction of sp³-hybridized carbons (Fsp3) is 0.446. The molecular formula is C56H72N6O11. The topological polar surface area (TPSA) is 220 Å². The predicted octanol–water partition coefficient (Wildman–Crippen LogP) is 6.99. The number of amides is 6. The molecule has 5 rings (SSSR count). The fourth-order valence-electron chi connectivity index (χ4n) is 8.53. The Balaban J connectivity index is 1.41. The van der Waals surface area contributed by atoms with Gasteiger partial charge in [-0.1, -0.05) is 61.9 Å². The molecule has 5 atom stereocenters. The van der Waals surface area contributed by atoms with E-state index in [0.29, 0.717) is 52.2 Å². The molecule has 1 heterocycles. The molecule has 5 N–H and O–H groups in total. The second kappa shape index (κ2) is 26.3. The molecule has 392 valence electrons. The monoisotopic (exact) mass is 1000 g/mol. The van der Waals surface area contributed by atoms with Crippen LogP contribution in [0, 0.1) is 0 Å². The zero-order valence-corrected chi connectivity index (χ0v) is 43.8. The number of nitrogens with zero attached hydrogens (tertiary/aromatic N) is 1. The average molecular weight is 1010 g/mol. The number of benzene rings is 4. The van der Waals surface area contributed by atoms with Crippen molar-refractivity contribution in [2.24, 2.45) is 0 Å². The number of nitrogens with one attached hydrogen (secondary N) is 5. The van der Waals surface area contributed by atoms with Gasteiger partial charge in [0.15, 0.2) is 0 Å². The van der Waals surface area contributed by atoms with Gasteiger partial charge in [0.2, 0.25) is 23.6 Å². The van der Waals surface area contributed by atoms with Crippen LogP contribution >= 0.6 is 0 Å². The molecule has 0 aliphatic carbocycles. The van der Waals surface area contributed by atoms with Crippen LogP contribution in [-0.2, 0) is 46.3 Å². The summed E-state index contributed by atoms with van der Waals surface area (Å²) in [7, 11) is 5.63. The Kier molecular flexibility index (Phi) is 20.4. The summed E-state index contributed by atoms with van der Waals surface area (Å²) in [5, 5.41) is 13.9. The molecule has 0 saturated heterocycles. The number of esters is 1. The quantitative estimate of drug-likeness (QED) is 0.0476. The van der Waals surface area contributed by atoms with E-state index in [1.165, 1.54) is 45.8 Å². The van der Waals surface area contributed by atoms with E-state index in [1.54, 1.807) is 76.2 Å². The highest BCUT2D eigenvalue weighted by Crippen LogP contribution is 2.40. The minimum atomic E-state index is -1.39. The van der Waals surface area contributed by atoms with E-state index < -0.39 is 71.5 Å². The Labute approximate surface area is 428 Å². The first-order chi connectivity index (χ1) is 34.7. The summed E-state index contributed by atoms with van der Waals surface area (Å²) >= 11 is 0. The summed E-state index contributed by atoms with van der Waals surface area (Å²) in [6.07, 6.45) is 3.40. The van der Waals surface area contributed by atoms with E-state index >= 15 is 0 Å². The van der Waals surface area contributed by atoms with Crippen molar-refractivity contribution in [2.75, 3.05) is 34.9 Å². The summed E-state index contributed by atoms with van der Waals surface area (Å²) in [6, 6.07) is 20.3. The molecule has 73 heavy (non-hydrogen) atoms. The molecule has 17 heteroatoms. The maximum Gasteiger partial charge on any atom is 0.407 e. The summed E-state index contributed by atoms with van der Waals surface area (Å²) in [6.45, 7) is 10.8. The Bertz CT molecular complexity index is 2580. The van der Waals surface area contributed by atoms with Crippen LogP contribution in [0.5, 0.6) is 11.5 Å². The number of aryl methyl sites for hydroxylation is 1. The summed E-state index contributed by atoms with van der Waals surface area (Å²) < 4.78 is 21.9. The Morgan fingerprint density at radius 3 is 2.03 bits per heavy atom. The van der Waals surface area contributed by atoms with E-state index in [4.69, 9.17) is 18.9 Å². The average Bonchev–Trinajstić information content (AvgIpc) is 3.36. The second-order valence-corrected chi connectivity index (χ2v) is 19.4. The molecule has 4 aromatic carbocycles. The Morgan fingerprint density at radius 2 is 1.41 bits per heavy atom. The largest absolute Gasteiger partial charge is 0.496 e. The van der Waals surface area contributed by atoms with E-state index in [9.17, 15) is 33.6 Å². The molecule has 0 fully saturated rings. The van der Waals surface area contributed by atoms with Crippen molar-refractivity contribution in [2.45, 2.75) is 129 Å². The fourth-order valence-corrected chi connectivity index (χ4v) is 8.53. The van der Waals surface area contributed by atoms with Crippen LogP contribution in [0.4, 0.5) is 4.79 Å². The van der Waals surface area contributed by atoms with Gasteiger partial charge in [-0.3, -0.25) is 24.0 Å². The maximum atomic E-state index is 14.9. The van der Waals surface area contributed by atoms with Crippen molar-refractivity contribution in [3.8, 4) is 33.8 Å². The van der Waals surface area contributed by atoms with Gasteiger partial charge in [0.05, 0.1) is 21.3 Å². The highest BCUT2D eigenvalue weighted by Gasteiger charge is 2.36. The molecular weight excluding hydrogens is 933 g/mol. The van der Waals surface area contributed by atoms with Crippen molar-refractivity contribution < 1.29 is 52.5 Å². The second-order valence-electron chi connectivity index (χ2n) is 19.4. The minimum Gasteiger partial charge on any atom is -0.496 e.